The molecule has 134 valence electrons. The van der Waals surface area contributed by atoms with E-state index in [1.165, 1.54) is 29.1 Å². The molecule has 0 bridgehead atoms. The molecule has 2 aliphatic heterocycles. The first-order chi connectivity index (χ1) is 12.8. The summed E-state index contributed by atoms with van der Waals surface area (Å²) in [5.41, 5.74) is 4.96. The third-order valence-corrected chi connectivity index (χ3v) is 6.17. The van der Waals surface area contributed by atoms with Crippen LogP contribution in [0.1, 0.15) is 29.2 Å². The molecule has 6 heteroatoms. The van der Waals surface area contributed by atoms with Crippen molar-refractivity contribution in [2.24, 2.45) is 0 Å². The number of hydrogen-bond acceptors (Lipinski definition) is 4. The Kier molecular flexibility index (Phi) is 4.17. The normalized spacial score (nSPS) is 20.3. The van der Waals surface area contributed by atoms with Gasteiger partial charge in [-0.15, -0.1) is 0 Å². The zero-order valence-electron chi connectivity index (χ0n) is 14.7. The topological polar surface area (TPSA) is 45.5 Å². The number of nitrogens with one attached hydrogen (secondary N) is 1. The van der Waals surface area contributed by atoms with E-state index in [0.29, 0.717) is 5.92 Å². The molecule has 26 heavy (non-hydrogen) atoms. The fourth-order valence-electron chi connectivity index (χ4n) is 4.31. The Morgan fingerprint density at radius 3 is 2.85 bits per heavy atom. The number of rotatable bonds is 2. The van der Waals surface area contributed by atoms with Crippen molar-refractivity contribution < 1.29 is 0 Å². The second-order valence-corrected chi connectivity index (χ2v) is 8.04. The molecule has 0 radical (unpaired) electrons. The summed E-state index contributed by atoms with van der Waals surface area (Å²) in [6.45, 7) is 4.11. The lowest BCUT2D eigenvalue weighted by atomic mass is 9.99. The van der Waals surface area contributed by atoms with Crippen LogP contribution in [0.3, 0.4) is 0 Å². The Hall–Kier alpha value is -1.92. The van der Waals surface area contributed by atoms with Gasteiger partial charge in [0.15, 0.2) is 5.65 Å². The first kappa shape index (κ1) is 16.3. The molecule has 1 saturated heterocycles. The van der Waals surface area contributed by atoms with E-state index < -0.39 is 0 Å². The predicted molar refractivity (Wildman–Crippen MR) is 107 cm³/mol. The van der Waals surface area contributed by atoms with Gasteiger partial charge in [-0.05, 0) is 40.9 Å². The molecule has 0 spiro atoms. The van der Waals surface area contributed by atoms with Crippen LogP contribution in [0.4, 0.5) is 5.82 Å². The van der Waals surface area contributed by atoms with E-state index in [1.807, 2.05) is 10.7 Å². The molecule has 1 aromatic carbocycles. The standard InChI is InChI=1S/C20H22BrN5/c21-17-12-23-26-19(17)24-18-7-10-22-9-6-16(18)20(26)25-11-8-15(13-25)14-4-2-1-3-5-14/h1-5,12,15,22H,6-11,13H2. The second-order valence-electron chi connectivity index (χ2n) is 7.18. The van der Waals surface area contributed by atoms with Crippen molar-refractivity contribution in [2.75, 3.05) is 31.1 Å². The van der Waals surface area contributed by atoms with Gasteiger partial charge < -0.3 is 10.2 Å². The summed E-state index contributed by atoms with van der Waals surface area (Å²) in [6.07, 6.45) is 5.04. The molecule has 5 nitrogen and oxygen atoms in total. The molecule has 2 aromatic heterocycles. The molecule has 0 saturated carbocycles. The van der Waals surface area contributed by atoms with Crippen LogP contribution in [-0.2, 0) is 12.8 Å². The van der Waals surface area contributed by atoms with Crippen LogP contribution in [0.2, 0.25) is 0 Å². The van der Waals surface area contributed by atoms with Gasteiger partial charge in [0.1, 0.15) is 5.82 Å². The second kappa shape index (κ2) is 6.67. The summed E-state index contributed by atoms with van der Waals surface area (Å²) in [4.78, 5) is 7.46. The van der Waals surface area contributed by atoms with Crippen LogP contribution in [-0.4, -0.2) is 40.8 Å². The van der Waals surface area contributed by atoms with Crippen LogP contribution in [0, 0.1) is 0 Å². The monoisotopic (exact) mass is 411 g/mol. The molecule has 1 unspecified atom stereocenters. The third-order valence-electron chi connectivity index (χ3n) is 5.61. The van der Waals surface area contributed by atoms with E-state index in [-0.39, 0.29) is 0 Å². The van der Waals surface area contributed by atoms with Gasteiger partial charge >= 0.3 is 0 Å². The van der Waals surface area contributed by atoms with Crippen molar-refractivity contribution in [3.05, 3.63) is 57.8 Å². The molecule has 3 aromatic rings. The molecule has 1 fully saturated rings. The molecule has 4 heterocycles. The van der Waals surface area contributed by atoms with E-state index in [0.717, 1.165) is 49.1 Å². The Labute approximate surface area is 161 Å². The highest BCUT2D eigenvalue weighted by molar-refractivity contribution is 9.10. The van der Waals surface area contributed by atoms with Crippen molar-refractivity contribution in [3.8, 4) is 0 Å². The Morgan fingerprint density at radius 2 is 1.96 bits per heavy atom. The van der Waals surface area contributed by atoms with Crippen LogP contribution >= 0.6 is 15.9 Å². The molecule has 1 atom stereocenters. The average molecular weight is 412 g/mol. The maximum Gasteiger partial charge on any atom is 0.171 e. The highest BCUT2D eigenvalue weighted by atomic mass is 79.9. The maximum absolute atomic E-state index is 4.93. The number of fused-ring (bicyclic) bond motifs is 2. The van der Waals surface area contributed by atoms with Gasteiger partial charge in [0, 0.05) is 37.5 Å². The number of benzene rings is 1. The van der Waals surface area contributed by atoms with Crippen molar-refractivity contribution >= 4 is 27.4 Å². The number of hydrogen-bond donors (Lipinski definition) is 1. The van der Waals surface area contributed by atoms with Crippen molar-refractivity contribution in [3.63, 3.8) is 0 Å². The molecule has 0 aliphatic carbocycles. The van der Waals surface area contributed by atoms with Gasteiger partial charge in [0.2, 0.25) is 0 Å². The smallest absolute Gasteiger partial charge is 0.171 e. The molecule has 5 rings (SSSR count). The predicted octanol–water partition coefficient (Wildman–Crippen LogP) is 3.17. The van der Waals surface area contributed by atoms with Gasteiger partial charge in [0.05, 0.1) is 16.4 Å². The highest BCUT2D eigenvalue weighted by Crippen LogP contribution is 2.35. The van der Waals surface area contributed by atoms with E-state index in [9.17, 15) is 0 Å². The molecule has 0 amide bonds. The van der Waals surface area contributed by atoms with E-state index >= 15 is 0 Å². The van der Waals surface area contributed by atoms with Gasteiger partial charge in [-0.25, -0.2) is 4.98 Å². The average Bonchev–Trinajstić information content (AvgIpc) is 3.22. The molecular formula is C20H22BrN5. The minimum absolute atomic E-state index is 0.581. The Balaban J connectivity index is 1.59. The summed E-state index contributed by atoms with van der Waals surface area (Å²) in [6, 6.07) is 10.9. The minimum atomic E-state index is 0.581. The minimum Gasteiger partial charge on any atom is -0.356 e. The number of anilines is 1. The van der Waals surface area contributed by atoms with Gasteiger partial charge in [-0.1, -0.05) is 30.3 Å². The Morgan fingerprint density at radius 1 is 1.12 bits per heavy atom. The van der Waals surface area contributed by atoms with E-state index in [1.54, 1.807) is 0 Å². The van der Waals surface area contributed by atoms with Crippen molar-refractivity contribution in [2.45, 2.75) is 25.2 Å². The largest absolute Gasteiger partial charge is 0.356 e. The number of halogens is 1. The maximum atomic E-state index is 4.93. The van der Waals surface area contributed by atoms with Crippen LogP contribution < -0.4 is 10.2 Å². The summed E-state index contributed by atoms with van der Waals surface area (Å²) in [5.74, 6) is 1.83. The zero-order valence-corrected chi connectivity index (χ0v) is 16.2. The van der Waals surface area contributed by atoms with Crippen LogP contribution in [0.25, 0.3) is 5.65 Å². The quantitative estimate of drug-likeness (QED) is 0.703. The van der Waals surface area contributed by atoms with Crippen LogP contribution in [0.15, 0.2) is 41.0 Å². The van der Waals surface area contributed by atoms with Crippen LogP contribution in [0.5, 0.6) is 0 Å². The lowest BCUT2D eigenvalue weighted by Crippen LogP contribution is -2.25. The van der Waals surface area contributed by atoms with E-state index in [2.05, 4.69) is 61.6 Å². The third kappa shape index (κ3) is 2.72. The van der Waals surface area contributed by atoms with Crippen molar-refractivity contribution in [1.29, 1.82) is 0 Å². The fraction of sp³-hybridized carbons (Fsp3) is 0.400. The first-order valence-corrected chi connectivity index (χ1v) is 10.2. The van der Waals surface area contributed by atoms with Gasteiger partial charge in [-0.3, -0.25) is 0 Å². The summed E-state index contributed by atoms with van der Waals surface area (Å²) in [5, 5.41) is 8.15. The molecular weight excluding hydrogens is 390 g/mol. The molecule has 2 aliphatic rings. The SMILES string of the molecule is Brc1cnn2c(N3CCC(c4ccccc4)C3)c3c(nc12)CCNCC3. The number of nitrogens with zero attached hydrogens (tertiary/aromatic N) is 4. The van der Waals surface area contributed by atoms with E-state index in [4.69, 9.17) is 4.98 Å². The van der Waals surface area contributed by atoms with Crippen molar-refractivity contribution in [1.82, 2.24) is 19.9 Å². The highest BCUT2D eigenvalue weighted by Gasteiger charge is 2.29. The fourth-order valence-corrected chi connectivity index (χ4v) is 4.66. The lowest BCUT2D eigenvalue weighted by Gasteiger charge is -2.24. The number of aromatic nitrogens is 3. The van der Waals surface area contributed by atoms with Gasteiger partial charge in [-0.2, -0.15) is 9.61 Å². The summed E-state index contributed by atoms with van der Waals surface area (Å²) < 4.78 is 3.01. The van der Waals surface area contributed by atoms with Gasteiger partial charge in [0.25, 0.3) is 0 Å². The summed E-state index contributed by atoms with van der Waals surface area (Å²) >= 11 is 3.63. The lowest BCUT2D eigenvalue weighted by molar-refractivity contribution is 0.708. The Bertz CT molecular complexity index is 936. The first-order valence-electron chi connectivity index (χ1n) is 9.37. The molecule has 1 N–H and O–H groups in total. The zero-order chi connectivity index (χ0) is 17.5. The summed E-state index contributed by atoms with van der Waals surface area (Å²) in [7, 11) is 0.